The van der Waals surface area contributed by atoms with Crippen LogP contribution >= 0.6 is 0 Å². The first-order valence-electron chi connectivity index (χ1n) is 7.62. The van der Waals surface area contributed by atoms with Gasteiger partial charge in [-0.25, -0.2) is 0 Å². The molecule has 0 saturated carbocycles. The Balaban J connectivity index is 1.89. The second-order valence-corrected chi connectivity index (χ2v) is 5.49. The molecular weight excluding hydrogens is 302 g/mol. The maximum Gasteiger partial charge on any atom is 0.258 e. The molecule has 0 aliphatic heterocycles. The van der Waals surface area contributed by atoms with Crippen molar-refractivity contribution in [3.8, 4) is 11.5 Å². The first-order chi connectivity index (χ1) is 11.6. The number of anilines is 1. The Morgan fingerprint density at radius 1 is 0.792 bits per heavy atom. The highest BCUT2D eigenvalue weighted by atomic mass is 16.5. The first-order valence-corrected chi connectivity index (χ1v) is 7.62. The molecule has 0 spiro atoms. The van der Waals surface area contributed by atoms with Gasteiger partial charge in [0.2, 0.25) is 0 Å². The predicted molar refractivity (Wildman–Crippen MR) is 96.2 cm³/mol. The Bertz CT molecular complexity index is 872. The van der Waals surface area contributed by atoms with E-state index in [9.17, 15) is 4.79 Å². The van der Waals surface area contributed by atoms with E-state index in [0.29, 0.717) is 5.56 Å². The van der Waals surface area contributed by atoms with Crippen LogP contribution in [0.4, 0.5) is 5.69 Å². The number of benzene rings is 3. The van der Waals surface area contributed by atoms with E-state index in [2.05, 4.69) is 0 Å². The molecule has 0 aromatic heterocycles. The van der Waals surface area contributed by atoms with Crippen LogP contribution in [-0.4, -0.2) is 27.2 Å². The molecule has 3 aromatic carbocycles. The Morgan fingerprint density at radius 2 is 1.38 bits per heavy atom. The Hall–Kier alpha value is -3.01. The van der Waals surface area contributed by atoms with Crippen molar-refractivity contribution < 1.29 is 14.3 Å². The summed E-state index contributed by atoms with van der Waals surface area (Å²) in [5.41, 5.74) is 1.46. The van der Waals surface area contributed by atoms with Crippen LogP contribution in [0.5, 0.6) is 11.5 Å². The summed E-state index contributed by atoms with van der Waals surface area (Å²) in [6, 6.07) is 18.9. The van der Waals surface area contributed by atoms with Crippen molar-refractivity contribution in [3.63, 3.8) is 0 Å². The van der Waals surface area contributed by atoms with Gasteiger partial charge in [0, 0.05) is 18.3 Å². The van der Waals surface area contributed by atoms with Crippen LogP contribution < -0.4 is 14.4 Å². The zero-order valence-electron chi connectivity index (χ0n) is 13.9. The Labute approximate surface area is 141 Å². The summed E-state index contributed by atoms with van der Waals surface area (Å²) >= 11 is 0. The van der Waals surface area contributed by atoms with Crippen LogP contribution in [0.3, 0.4) is 0 Å². The van der Waals surface area contributed by atoms with E-state index >= 15 is 0 Å². The SMILES string of the molecule is COc1ccc(N(C)C(=O)c2ccc3cc(OC)ccc3c2)cc1. The zero-order chi connectivity index (χ0) is 17.1. The predicted octanol–water partition coefficient (Wildman–Crippen LogP) is 4.13. The molecule has 0 N–H and O–H groups in total. The summed E-state index contributed by atoms with van der Waals surface area (Å²) in [6.45, 7) is 0. The molecule has 0 aliphatic rings. The molecule has 4 heteroatoms. The highest BCUT2D eigenvalue weighted by Crippen LogP contribution is 2.24. The average molecular weight is 321 g/mol. The lowest BCUT2D eigenvalue weighted by Crippen LogP contribution is -2.26. The molecule has 0 saturated heterocycles. The summed E-state index contributed by atoms with van der Waals surface area (Å²) in [6.07, 6.45) is 0. The second-order valence-electron chi connectivity index (χ2n) is 5.49. The van der Waals surface area contributed by atoms with Gasteiger partial charge in [0.15, 0.2) is 0 Å². The first kappa shape index (κ1) is 15.9. The van der Waals surface area contributed by atoms with Crippen LogP contribution in [0.15, 0.2) is 60.7 Å². The number of hydrogen-bond donors (Lipinski definition) is 0. The topological polar surface area (TPSA) is 38.8 Å². The molecular formula is C20H19NO3. The number of hydrogen-bond acceptors (Lipinski definition) is 3. The highest BCUT2D eigenvalue weighted by molar-refractivity contribution is 6.07. The maximum atomic E-state index is 12.7. The van der Waals surface area contributed by atoms with E-state index in [4.69, 9.17) is 9.47 Å². The van der Waals surface area contributed by atoms with Gasteiger partial charge in [0.05, 0.1) is 14.2 Å². The fraction of sp³-hybridized carbons (Fsp3) is 0.150. The van der Waals surface area contributed by atoms with Crippen LogP contribution in [0.1, 0.15) is 10.4 Å². The third-order valence-corrected chi connectivity index (χ3v) is 4.06. The molecule has 1 amide bonds. The van der Waals surface area contributed by atoms with Gasteiger partial charge in [-0.2, -0.15) is 0 Å². The quantitative estimate of drug-likeness (QED) is 0.725. The van der Waals surface area contributed by atoms with Gasteiger partial charge in [-0.1, -0.05) is 12.1 Å². The Morgan fingerprint density at radius 3 is 2.04 bits per heavy atom. The lowest BCUT2D eigenvalue weighted by atomic mass is 10.1. The molecule has 0 aliphatic carbocycles. The summed E-state index contributed by atoms with van der Waals surface area (Å²) in [7, 11) is 5.03. The molecule has 0 bridgehead atoms. The van der Waals surface area contributed by atoms with E-state index in [1.807, 2.05) is 60.7 Å². The molecule has 122 valence electrons. The summed E-state index contributed by atoms with van der Waals surface area (Å²) in [4.78, 5) is 14.4. The number of carbonyl (C=O) groups excluding carboxylic acids is 1. The minimum absolute atomic E-state index is 0.0575. The van der Waals surface area contributed by atoms with Gasteiger partial charge in [0.25, 0.3) is 5.91 Å². The van der Waals surface area contributed by atoms with Crippen molar-refractivity contribution in [3.05, 3.63) is 66.2 Å². The van der Waals surface area contributed by atoms with E-state index in [1.54, 1.807) is 26.2 Å². The molecule has 0 radical (unpaired) electrons. The number of rotatable bonds is 4. The van der Waals surface area contributed by atoms with Crippen molar-refractivity contribution >= 4 is 22.4 Å². The molecule has 4 nitrogen and oxygen atoms in total. The Kier molecular flexibility index (Phi) is 4.38. The van der Waals surface area contributed by atoms with E-state index in [1.165, 1.54) is 0 Å². The maximum absolute atomic E-state index is 12.7. The summed E-state index contributed by atoms with van der Waals surface area (Å²) in [5.74, 6) is 1.51. The lowest BCUT2D eigenvalue weighted by molar-refractivity contribution is 0.0993. The van der Waals surface area contributed by atoms with E-state index < -0.39 is 0 Å². The van der Waals surface area contributed by atoms with Gasteiger partial charge >= 0.3 is 0 Å². The third kappa shape index (κ3) is 3.04. The molecule has 0 fully saturated rings. The van der Waals surface area contributed by atoms with Crippen LogP contribution in [0, 0.1) is 0 Å². The van der Waals surface area contributed by atoms with Crippen LogP contribution in [0.2, 0.25) is 0 Å². The van der Waals surface area contributed by atoms with E-state index in [-0.39, 0.29) is 5.91 Å². The second kappa shape index (κ2) is 6.62. The van der Waals surface area contributed by atoms with Gasteiger partial charge < -0.3 is 14.4 Å². The monoisotopic (exact) mass is 321 g/mol. The fourth-order valence-corrected chi connectivity index (χ4v) is 2.60. The number of ether oxygens (including phenoxy) is 2. The van der Waals surface area contributed by atoms with Gasteiger partial charge in [0.1, 0.15) is 11.5 Å². The third-order valence-electron chi connectivity index (χ3n) is 4.06. The lowest BCUT2D eigenvalue weighted by Gasteiger charge is -2.18. The van der Waals surface area contributed by atoms with Crippen molar-refractivity contribution in [2.75, 3.05) is 26.2 Å². The highest BCUT2D eigenvalue weighted by Gasteiger charge is 2.14. The molecule has 3 rings (SSSR count). The largest absolute Gasteiger partial charge is 0.497 e. The van der Waals surface area contributed by atoms with Gasteiger partial charge in [-0.15, -0.1) is 0 Å². The smallest absolute Gasteiger partial charge is 0.258 e. The molecule has 0 unspecified atom stereocenters. The average Bonchev–Trinajstić information content (AvgIpc) is 2.66. The fourth-order valence-electron chi connectivity index (χ4n) is 2.60. The molecule has 0 heterocycles. The van der Waals surface area contributed by atoms with E-state index in [0.717, 1.165) is 28.0 Å². The van der Waals surface area contributed by atoms with Crippen molar-refractivity contribution in [1.82, 2.24) is 0 Å². The minimum Gasteiger partial charge on any atom is -0.497 e. The normalized spacial score (nSPS) is 10.5. The summed E-state index contributed by atoms with van der Waals surface area (Å²) < 4.78 is 10.4. The van der Waals surface area contributed by atoms with Crippen LogP contribution in [0.25, 0.3) is 10.8 Å². The van der Waals surface area contributed by atoms with Crippen molar-refractivity contribution in [2.24, 2.45) is 0 Å². The number of nitrogens with zero attached hydrogens (tertiary/aromatic N) is 1. The molecule has 24 heavy (non-hydrogen) atoms. The number of fused-ring (bicyclic) bond motifs is 1. The van der Waals surface area contributed by atoms with Gasteiger partial charge in [-0.3, -0.25) is 4.79 Å². The van der Waals surface area contributed by atoms with Crippen molar-refractivity contribution in [1.29, 1.82) is 0 Å². The standard InChI is InChI=1S/C20H19NO3/c1-21(17-7-10-18(23-2)11-8-17)20(22)16-5-4-15-13-19(24-3)9-6-14(15)12-16/h4-13H,1-3H3. The molecule has 3 aromatic rings. The number of amides is 1. The minimum atomic E-state index is -0.0575. The van der Waals surface area contributed by atoms with Gasteiger partial charge in [-0.05, 0) is 59.3 Å². The zero-order valence-corrected chi connectivity index (χ0v) is 13.9. The number of methoxy groups -OCH3 is 2. The van der Waals surface area contributed by atoms with Crippen molar-refractivity contribution in [2.45, 2.75) is 0 Å². The molecule has 0 atom stereocenters. The summed E-state index contributed by atoms with van der Waals surface area (Å²) in [5, 5.41) is 2.04. The van der Waals surface area contributed by atoms with Crippen LogP contribution in [-0.2, 0) is 0 Å². The number of carbonyl (C=O) groups is 1.